The molecule has 9 heteroatoms. The third-order valence-corrected chi connectivity index (χ3v) is 4.28. The Balaban J connectivity index is 2.51. The maximum Gasteiger partial charge on any atom is 0.422 e. The molecule has 2 aromatic heterocycles. The van der Waals surface area contributed by atoms with Gasteiger partial charge in [0.1, 0.15) is 17.0 Å². The van der Waals surface area contributed by atoms with Crippen molar-refractivity contribution in [2.24, 2.45) is 0 Å². The largest absolute Gasteiger partial charge is 0.479 e. The summed E-state index contributed by atoms with van der Waals surface area (Å²) >= 11 is 1.33. The first kappa shape index (κ1) is 15.5. The number of carboxylic acid groups (broad SMARTS) is 1. The summed E-state index contributed by atoms with van der Waals surface area (Å²) in [6.07, 6.45) is -3.16. The maximum absolute atomic E-state index is 13.0. The fraction of sp³-hybridized carbons (Fsp3) is 0.417. The second-order valence-electron chi connectivity index (χ2n) is 4.56. The summed E-state index contributed by atoms with van der Waals surface area (Å²) in [7, 11) is 0. The lowest BCUT2D eigenvalue weighted by Gasteiger charge is -2.29. The minimum atomic E-state index is -4.97. The number of fused-ring (bicyclic) bond motifs is 1. The predicted molar refractivity (Wildman–Crippen MR) is 72.5 cm³/mol. The van der Waals surface area contributed by atoms with Gasteiger partial charge in [-0.15, -0.1) is 11.3 Å². The number of halogens is 3. The average Bonchev–Trinajstić information content (AvgIpc) is 2.81. The lowest BCUT2D eigenvalue weighted by atomic mass is 10.0. The molecule has 21 heavy (non-hydrogen) atoms. The van der Waals surface area contributed by atoms with Crippen molar-refractivity contribution in [1.82, 2.24) is 9.97 Å². The number of aryl methyl sites for hydroxylation is 1. The number of nitrogens with one attached hydrogen (secondary N) is 1. The smallest absolute Gasteiger partial charge is 0.422 e. The number of nitrogens with zero attached hydrogens (tertiary/aromatic N) is 2. The van der Waals surface area contributed by atoms with Crippen molar-refractivity contribution in [3.8, 4) is 0 Å². The van der Waals surface area contributed by atoms with Gasteiger partial charge in [0.05, 0.1) is 5.39 Å². The summed E-state index contributed by atoms with van der Waals surface area (Å²) in [6.45, 7) is 2.47. The van der Waals surface area contributed by atoms with Gasteiger partial charge < -0.3 is 10.4 Å². The van der Waals surface area contributed by atoms with E-state index >= 15 is 0 Å². The molecule has 1 atom stereocenters. The number of carboxylic acids is 1. The monoisotopic (exact) mass is 319 g/mol. The first-order chi connectivity index (χ1) is 9.69. The van der Waals surface area contributed by atoms with Crippen LogP contribution in [0, 0.1) is 0 Å². The number of aromatic nitrogens is 2. The number of anilines is 1. The van der Waals surface area contributed by atoms with Crippen molar-refractivity contribution in [3.05, 3.63) is 17.3 Å². The number of alkyl halides is 3. The highest BCUT2D eigenvalue weighted by Crippen LogP contribution is 2.36. The molecule has 2 heterocycles. The van der Waals surface area contributed by atoms with Crippen molar-refractivity contribution in [2.45, 2.75) is 32.0 Å². The summed E-state index contributed by atoms with van der Waals surface area (Å²) in [5, 5.41) is 11.3. The van der Waals surface area contributed by atoms with E-state index in [-0.39, 0.29) is 5.82 Å². The van der Waals surface area contributed by atoms with E-state index < -0.39 is 17.7 Å². The molecule has 0 spiro atoms. The second-order valence-corrected chi connectivity index (χ2v) is 5.68. The van der Waals surface area contributed by atoms with Crippen LogP contribution in [0.4, 0.5) is 19.0 Å². The van der Waals surface area contributed by atoms with Crippen molar-refractivity contribution >= 4 is 33.3 Å². The number of aliphatic carboxylic acids is 1. The van der Waals surface area contributed by atoms with Crippen LogP contribution in [0.2, 0.25) is 0 Å². The zero-order chi connectivity index (χ0) is 15.8. The molecule has 0 aromatic carbocycles. The SMILES string of the molecule is CCc1cc2c(NC(C)(C(=O)O)C(F)(F)F)ncnc2s1. The van der Waals surface area contributed by atoms with Crippen LogP contribution in [0.5, 0.6) is 0 Å². The zero-order valence-electron chi connectivity index (χ0n) is 11.2. The molecule has 0 saturated heterocycles. The summed E-state index contributed by atoms with van der Waals surface area (Å²) in [5.41, 5.74) is -3.12. The van der Waals surface area contributed by atoms with Crippen LogP contribution < -0.4 is 5.32 Å². The first-order valence-corrected chi connectivity index (χ1v) is 6.82. The van der Waals surface area contributed by atoms with Gasteiger partial charge >= 0.3 is 12.1 Å². The number of carbonyl (C=O) groups is 1. The molecule has 2 rings (SSSR count). The van der Waals surface area contributed by atoms with Gasteiger partial charge in [-0.3, -0.25) is 0 Å². The topological polar surface area (TPSA) is 75.1 Å². The predicted octanol–water partition coefficient (Wildman–Crippen LogP) is 3.07. The van der Waals surface area contributed by atoms with Crippen LogP contribution in [0.15, 0.2) is 12.4 Å². The fourth-order valence-corrected chi connectivity index (χ4v) is 2.60. The normalized spacial score (nSPS) is 14.9. The lowest BCUT2D eigenvalue weighted by Crippen LogP contribution is -2.55. The van der Waals surface area contributed by atoms with Crippen LogP contribution in [0.25, 0.3) is 10.2 Å². The van der Waals surface area contributed by atoms with Gasteiger partial charge in [-0.05, 0) is 19.4 Å². The van der Waals surface area contributed by atoms with E-state index in [0.29, 0.717) is 23.6 Å². The average molecular weight is 319 g/mol. The van der Waals surface area contributed by atoms with Crippen molar-refractivity contribution in [2.75, 3.05) is 5.32 Å². The first-order valence-electron chi connectivity index (χ1n) is 6.00. The Labute approximate surface area is 121 Å². The summed E-state index contributed by atoms with van der Waals surface area (Å²) < 4.78 is 39.1. The highest BCUT2D eigenvalue weighted by atomic mass is 32.1. The zero-order valence-corrected chi connectivity index (χ0v) is 12.0. The Morgan fingerprint density at radius 1 is 1.43 bits per heavy atom. The number of thiophene rings is 1. The summed E-state index contributed by atoms with van der Waals surface area (Å²) in [4.78, 5) is 20.2. The van der Waals surface area contributed by atoms with E-state index in [1.54, 1.807) is 6.07 Å². The molecule has 1 unspecified atom stereocenters. The minimum absolute atomic E-state index is 0.141. The Morgan fingerprint density at radius 3 is 2.62 bits per heavy atom. The summed E-state index contributed by atoms with van der Waals surface area (Å²) in [6, 6.07) is 1.67. The molecule has 0 amide bonds. The van der Waals surface area contributed by atoms with Gasteiger partial charge in [-0.25, -0.2) is 14.8 Å². The molecule has 0 radical (unpaired) electrons. The van der Waals surface area contributed by atoms with Crippen LogP contribution in [-0.2, 0) is 11.2 Å². The minimum Gasteiger partial charge on any atom is -0.479 e. The molecule has 5 nitrogen and oxygen atoms in total. The third kappa shape index (κ3) is 2.65. The van der Waals surface area contributed by atoms with Gasteiger partial charge in [-0.1, -0.05) is 6.92 Å². The number of hydrogen-bond acceptors (Lipinski definition) is 5. The van der Waals surface area contributed by atoms with Crippen LogP contribution in [-0.4, -0.2) is 32.8 Å². The van der Waals surface area contributed by atoms with Gasteiger partial charge in [-0.2, -0.15) is 13.2 Å². The molecule has 2 aromatic rings. The van der Waals surface area contributed by atoms with Gasteiger partial charge in [0.15, 0.2) is 0 Å². The molecule has 0 fully saturated rings. The van der Waals surface area contributed by atoms with Crippen LogP contribution in [0.1, 0.15) is 18.7 Å². The fourth-order valence-electron chi connectivity index (χ4n) is 1.66. The van der Waals surface area contributed by atoms with Gasteiger partial charge in [0.25, 0.3) is 0 Å². The molecule has 0 saturated carbocycles. The van der Waals surface area contributed by atoms with Crippen molar-refractivity contribution < 1.29 is 23.1 Å². The standard InChI is InChI=1S/C12H12F3N3O2S/c1-3-6-4-7-8(16-5-17-9(7)21-6)18-11(2,10(19)20)12(13,14)15/h4-5H,3H2,1-2H3,(H,19,20)(H,16,17,18). The highest BCUT2D eigenvalue weighted by Gasteiger charge is 2.58. The quantitative estimate of drug-likeness (QED) is 0.906. The Hall–Kier alpha value is -1.90. The van der Waals surface area contributed by atoms with Crippen LogP contribution >= 0.6 is 11.3 Å². The van der Waals surface area contributed by atoms with Gasteiger partial charge in [0, 0.05) is 4.88 Å². The summed E-state index contributed by atoms with van der Waals surface area (Å²) in [5.74, 6) is -2.16. The van der Waals surface area contributed by atoms with Crippen LogP contribution in [0.3, 0.4) is 0 Å². The van der Waals surface area contributed by atoms with E-state index in [1.807, 2.05) is 12.2 Å². The van der Waals surface area contributed by atoms with Crippen molar-refractivity contribution in [3.63, 3.8) is 0 Å². The second kappa shape index (κ2) is 5.14. The lowest BCUT2D eigenvalue weighted by molar-refractivity contribution is -0.192. The van der Waals surface area contributed by atoms with E-state index in [0.717, 1.165) is 11.2 Å². The van der Waals surface area contributed by atoms with E-state index in [1.165, 1.54) is 11.3 Å². The highest BCUT2D eigenvalue weighted by molar-refractivity contribution is 7.18. The maximum atomic E-state index is 13.0. The third-order valence-electron chi connectivity index (χ3n) is 3.09. The molecular formula is C12H12F3N3O2S. The Morgan fingerprint density at radius 2 is 2.10 bits per heavy atom. The van der Waals surface area contributed by atoms with Crippen molar-refractivity contribution in [1.29, 1.82) is 0 Å². The molecule has 0 bridgehead atoms. The van der Waals surface area contributed by atoms with Gasteiger partial charge in [0.2, 0.25) is 5.54 Å². The molecule has 2 N–H and O–H groups in total. The molecule has 0 aliphatic rings. The molecule has 0 aliphatic heterocycles. The number of rotatable bonds is 4. The molecular weight excluding hydrogens is 307 g/mol. The van der Waals surface area contributed by atoms with E-state index in [4.69, 9.17) is 5.11 Å². The number of hydrogen-bond donors (Lipinski definition) is 2. The van der Waals surface area contributed by atoms with E-state index in [2.05, 4.69) is 9.97 Å². The Kier molecular flexibility index (Phi) is 3.79. The Bertz CT molecular complexity index is 686. The molecule has 114 valence electrons. The molecule has 0 aliphatic carbocycles. The van der Waals surface area contributed by atoms with E-state index in [9.17, 15) is 18.0 Å².